The number of hydrogen-bond acceptors (Lipinski definition) is 0. The molecular formula is C38H49F. The Bertz CT molecular complexity index is 1200. The molecule has 3 aromatic carbocycles. The predicted octanol–water partition coefficient (Wildman–Crippen LogP) is 11.5. The maximum atomic E-state index is 15.6. The molecule has 0 nitrogen and oxygen atoms in total. The Morgan fingerprint density at radius 1 is 0.667 bits per heavy atom. The summed E-state index contributed by atoms with van der Waals surface area (Å²) in [6.07, 6.45) is 20.7. The quantitative estimate of drug-likeness (QED) is 0.154. The molecule has 1 heteroatoms. The molecule has 0 aromatic heterocycles. The first-order valence-corrected chi connectivity index (χ1v) is 16.0. The lowest BCUT2D eigenvalue weighted by atomic mass is 9.76. The fraction of sp³-hybridized carbons (Fsp3) is 0.526. The number of unbranched alkanes of at least 4 members (excludes halogenated alkanes) is 8. The summed E-state index contributed by atoms with van der Waals surface area (Å²) < 4.78 is 15.6. The Kier molecular flexibility index (Phi) is 12.0. The van der Waals surface area contributed by atoms with E-state index in [9.17, 15) is 0 Å². The van der Waals surface area contributed by atoms with Crippen LogP contribution in [0.15, 0.2) is 54.6 Å². The van der Waals surface area contributed by atoms with Gasteiger partial charge in [-0.3, -0.25) is 0 Å². The first-order valence-electron chi connectivity index (χ1n) is 16.0. The third-order valence-corrected chi connectivity index (χ3v) is 8.86. The standard InChI is InChI=1S/C38H49F/c1-3-5-7-9-11-13-30-15-17-32(18-16-30)19-20-33-23-27-37-35(29-33)26-28-36(38(37)39)34-24-21-31(22-25-34)14-12-10-8-6-4-2/h15-18,23,26-29,31,34H,3-14,21-22,24-25H2,1-2H3. The van der Waals surface area contributed by atoms with Crippen LogP contribution < -0.4 is 0 Å². The molecule has 0 amide bonds. The highest BCUT2D eigenvalue weighted by molar-refractivity contribution is 5.85. The van der Waals surface area contributed by atoms with Crippen LogP contribution in [0, 0.1) is 23.6 Å². The Balaban J connectivity index is 1.32. The maximum absolute atomic E-state index is 15.6. The molecule has 0 unspecified atom stereocenters. The van der Waals surface area contributed by atoms with Gasteiger partial charge in [-0.15, -0.1) is 0 Å². The number of hydrogen-bond donors (Lipinski definition) is 0. The van der Waals surface area contributed by atoms with E-state index in [-0.39, 0.29) is 5.82 Å². The van der Waals surface area contributed by atoms with E-state index in [0.29, 0.717) is 5.92 Å². The van der Waals surface area contributed by atoms with Gasteiger partial charge in [0.05, 0.1) is 0 Å². The van der Waals surface area contributed by atoms with E-state index in [2.05, 4.69) is 56.0 Å². The SMILES string of the molecule is CCCCCCCc1ccc(C#Cc2ccc3c(F)c(C4CCC(CCCCCCC)CC4)ccc3c2)cc1. The maximum Gasteiger partial charge on any atom is 0.134 e. The van der Waals surface area contributed by atoms with Gasteiger partial charge in [-0.25, -0.2) is 4.39 Å². The molecule has 1 saturated carbocycles. The normalized spacial score (nSPS) is 17.2. The van der Waals surface area contributed by atoms with Crippen molar-refractivity contribution < 1.29 is 4.39 Å². The van der Waals surface area contributed by atoms with E-state index in [0.717, 1.165) is 52.6 Å². The van der Waals surface area contributed by atoms with Gasteiger partial charge < -0.3 is 0 Å². The van der Waals surface area contributed by atoms with Crippen LogP contribution in [0.2, 0.25) is 0 Å². The van der Waals surface area contributed by atoms with Gasteiger partial charge in [-0.1, -0.05) is 120 Å². The minimum atomic E-state index is -0.0136. The molecule has 0 atom stereocenters. The lowest BCUT2D eigenvalue weighted by Crippen LogP contribution is -2.14. The van der Waals surface area contributed by atoms with Crippen molar-refractivity contribution in [3.8, 4) is 11.8 Å². The van der Waals surface area contributed by atoms with Gasteiger partial charge in [-0.2, -0.15) is 0 Å². The molecule has 0 N–H and O–H groups in total. The molecule has 1 aliphatic carbocycles. The predicted molar refractivity (Wildman–Crippen MR) is 167 cm³/mol. The minimum absolute atomic E-state index is 0.0136. The van der Waals surface area contributed by atoms with Crippen LogP contribution in [0.1, 0.15) is 138 Å². The number of benzene rings is 3. The molecule has 39 heavy (non-hydrogen) atoms. The number of aryl methyl sites for hydroxylation is 1. The lowest BCUT2D eigenvalue weighted by Gasteiger charge is -2.29. The van der Waals surface area contributed by atoms with Crippen molar-refractivity contribution in [1.29, 1.82) is 0 Å². The van der Waals surface area contributed by atoms with E-state index < -0.39 is 0 Å². The molecule has 0 saturated heterocycles. The van der Waals surface area contributed by atoms with Gasteiger partial charge in [0, 0.05) is 16.5 Å². The zero-order chi connectivity index (χ0) is 27.3. The zero-order valence-corrected chi connectivity index (χ0v) is 24.5. The van der Waals surface area contributed by atoms with Gasteiger partial charge >= 0.3 is 0 Å². The summed E-state index contributed by atoms with van der Waals surface area (Å²) in [6, 6.07) is 18.8. The number of fused-ring (bicyclic) bond motifs is 1. The molecule has 0 heterocycles. The third-order valence-electron chi connectivity index (χ3n) is 8.86. The average molecular weight is 525 g/mol. The Labute approximate surface area is 237 Å². The van der Waals surface area contributed by atoms with Crippen molar-refractivity contribution in [3.05, 3.63) is 82.7 Å². The first-order chi connectivity index (χ1) is 19.2. The van der Waals surface area contributed by atoms with Crippen LogP contribution in [-0.4, -0.2) is 0 Å². The molecule has 4 rings (SSSR count). The highest BCUT2D eigenvalue weighted by Gasteiger charge is 2.24. The van der Waals surface area contributed by atoms with Crippen LogP contribution in [0.4, 0.5) is 4.39 Å². The molecular weight excluding hydrogens is 475 g/mol. The average Bonchev–Trinajstić information content (AvgIpc) is 2.97. The van der Waals surface area contributed by atoms with Crippen molar-refractivity contribution in [1.82, 2.24) is 0 Å². The Hall–Kier alpha value is -2.59. The van der Waals surface area contributed by atoms with Crippen LogP contribution in [0.25, 0.3) is 10.8 Å². The second-order valence-corrected chi connectivity index (χ2v) is 11.9. The van der Waals surface area contributed by atoms with Crippen LogP contribution in [0.5, 0.6) is 0 Å². The summed E-state index contributed by atoms with van der Waals surface area (Å²) in [5.74, 6) is 7.79. The van der Waals surface area contributed by atoms with Crippen molar-refractivity contribution in [2.24, 2.45) is 5.92 Å². The molecule has 208 valence electrons. The summed E-state index contributed by atoms with van der Waals surface area (Å²) in [7, 11) is 0. The van der Waals surface area contributed by atoms with Crippen LogP contribution >= 0.6 is 0 Å². The van der Waals surface area contributed by atoms with Gasteiger partial charge in [0.15, 0.2) is 0 Å². The van der Waals surface area contributed by atoms with E-state index in [1.807, 2.05) is 24.3 Å². The Morgan fingerprint density at radius 3 is 2.03 bits per heavy atom. The third kappa shape index (κ3) is 8.96. The molecule has 0 bridgehead atoms. The molecule has 0 spiro atoms. The highest BCUT2D eigenvalue weighted by atomic mass is 19.1. The molecule has 1 aliphatic rings. The fourth-order valence-corrected chi connectivity index (χ4v) is 6.33. The van der Waals surface area contributed by atoms with E-state index in [4.69, 9.17) is 0 Å². The second-order valence-electron chi connectivity index (χ2n) is 11.9. The van der Waals surface area contributed by atoms with Crippen molar-refractivity contribution >= 4 is 10.8 Å². The Morgan fingerprint density at radius 2 is 1.31 bits per heavy atom. The topological polar surface area (TPSA) is 0 Å². The molecule has 0 radical (unpaired) electrons. The summed E-state index contributed by atoms with van der Waals surface area (Å²) >= 11 is 0. The van der Waals surface area contributed by atoms with Crippen molar-refractivity contribution in [2.75, 3.05) is 0 Å². The number of rotatable bonds is 13. The van der Waals surface area contributed by atoms with Crippen molar-refractivity contribution in [3.63, 3.8) is 0 Å². The van der Waals surface area contributed by atoms with Gasteiger partial charge in [0.1, 0.15) is 5.82 Å². The van der Waals surface area contributed by atoms with Gasteiger partial charge in [-0.05, 0) is 91.1 Å². The monoisotopic (exact) mass is 524 g/mol. The fourth-order valence-electron chi connectivity index (χ4n) is 6.33. The number of halogens is 1. The van der Waals surface area contributed by atoms with Crippen LogP contribution in [-0.2, 0) is 6.42 Å². The van der Waals surface area contributed by atoms with Gasteiger partial charge in [0.25, 0.3) is 0 Å². The van der Waals surface area contributed by atoms with E-state index >= 15 is 4.39 Å². The smallest absolute Gasteiger partial charge is 0.134 e. The first kappa shape index (κ1) is 29.4. The summed E-state index contributed by atoms with van der Waals surface area (Å²) in [4.78, 5) is 0. The van der Waals surface area contributed by atoms with E-state index in [1.54, 1.807) is 0 Å². The minimum Gasteiger partial charge on any atom is -0.206 e. The second kappa shape index (κ2) is 15.9. The largest absolute Gasteiger partial charge is 0.206 e. The molecule has 1 fully saturated rings. The van der Waals surface area contributed by atoms with Crippen LogP contribution in [0.3, 0.4) is 0 Å². The molecule has 3 aromatic rings. The summed E-state index contributed by atoms with van der Waals surface area (Å²) in [6.45, 7) is 4.53. The van der Waals surface area contributed by atoms with Gasteiger partial charge in [0.2, 0.25) is 0 Å². The summed E-state index contributed by atoms with van der Waals surface area (Å²) in [5, 5.41) is 1.68. The van der Waals surface area contributed by atoms with E-state index in [1.165, 1.54) is 89.0 Å². The van der Waals surface area contributed by atoms with Crippen molar-refractivity contribution in [2.45, 2.75) is 122 Å². The zero-order valence-electron chi connectivity index (χ0n) is 24.5. The summed E-state index contributed by atoms with van der Waals surface area (Å²) in [5.41, 5.74) is 4.29. The molecule has 0 aliphatic heterocycles. The highest BCUT2D eigenvalue weighted by Crippen LogP contribution is 2.40. The lowest BCUT2D eigenvalue weighted by molar-refractivity contribution is 0.299.